The molecule has 2 rings (SSSR count). The lowest BCUT2D eigenvalue weighted by atomic mass is 10.1. The van der Waals surface area contributed by atoms with Gasteiger partial charge in [-0.15, -0.1) is 0 Å². The molecule has 0 bridgehead atoms. The molecular formula is C24H32FN3O4S. The number of rotatable bonds is 11. The number of amides is 2. The number of hydrogen-bond acceptors (Lipinski definition) is 4. The Bertz CT molecular complexity index is 1050. The van der Waals surface area contributed by atoms with Crippen molar-refractivity contribution in [1.82, 2.24) is 10.2 Å². The molecule has 2 atom stereocenters. The summed E-state index contributed by atoms with van der Waals surface area (Å²) in [7, 11) is -3.88. The second-order valence-corrected chi connectivity index (χ2v) is 9.97. The van der Waals surface area contributed by atoms with E-state index >= 15 is 0 Å². The van der Waals surface area contributed by atoms with Gasteiger partial charge in [0.1, 0.15) is 18.4 Å². The van der Waals surface area contributed by atoms with Crippen LogP contribution in [0.4, 0.5) is 10.1 Å². The molecular weight excluding hydrogens is 445 g/mol. The lowest BCUT2D eigenvalue weighted by Crippen LogP contribution is -2.53. The van der Waals surface area contributed by atoms with Crippen molar-refractivity contribution < 1.29 is 22.4 Å². The van der Waals surface area contributed by atoms with Crippen LogP contribution < -0.4 is 9.62 Å². The zero-order chi connectivity index (χ0) is 24.6. The van der Waals surface area contributed by atoms with E-state index in [9.17, 15) is 22.4 Å². The van der Waals surface area contributed by atoms with E-state index in [1.165, 1.54) is 23.1 Å². The summed E-state index contributed by atoms with van der Waals surface area (Å²) in [6, 6.07) is 13.7. The zero-order valence-corrected chi connectivity index (χ0v) is 20.3. The molecule has 2 aromatic rings. The van der Waals surface area contributed by atoms with Crippen LogP contribution in [0.1, 0.15) is 32.8 Å². The Labute approximate surface area is 195 Å². The van der Waals surface area contributed by atoms with E-state index < -0.39 is 34.3 Å². The van der Waals surface area contributed by atoms with Crippen LogP contribution in [0.5, 0.6) is 0 Å². The van der Waals surface area contributed by atoms with Gasteiger partial charge >= 0.3 is 0 Å². The van der Waals surface area contributed by atoms with E-state index in [2.05, 4.69) is 5.32 Å². The van der Waals surface area contributed by atoms with Crippen LogP contribution in [0.15, 0.2) is 54.6 Å². The van der Waals surface area contributed by atoms with Gasteiger partial charge in [0.2, 0.25) is 21.8 Å². The molecule has 0 unspecified atom stereocenters. The molecule has 0 spiro atoms. The van der Waals surface area contributed by atoms with Gasteiger partial charge in [-0.2, -0.15) is 0 Å². The standard InChI is InChI=1S/C24H32FN3O4S/c1-5-18(2)26-24(30)19(3)27(15-14-20-10-7-6-8-11-20)23(29)17-28(33(4,31)32)22-13-9-12-21(25)16-22/h6-13,16,18-19H,5,14-15,17H2,1-4H3,(H,26,30)/t18-,19-/m1/s1. The highest BCUT2D eigenvalue weighted by Gasteiger charge is 2.30. The van der Waals surface area contributed by atoms with Gasteiger partial charge in [-0.3, -0.25) is 13.9 Å². The summed E-state index contributed by atoms with van der Waals surface area (Å²) in [5.74, 6) is -1.48. The number of carbonyl (C=O) groups is 2. The van der Waals surface area contributed by atoms with Crippen LogP contribution >= 0.6 is 0 Å². The van der Waals surface area contributed by atoms with E-state index in [1.54, 1.807) is 6.92 Å². The minimum Gasteiger partial charge on any atom is -0.352 e. The van der Waals surface area contributed by atoms with Gasteiger partial charge in [-0.05, 0) is 50.5 Å². The largest absolute Gasteiger partial charge is 0.352 e. The fraction of sp³-hybridized carbons (Fsp3) is 0.417. The van der Waals surface area contributed by atoms with E-state index in [1.807, 2.05) is 44.2 Å². The molecule has 0 saturated carbocycles. The molecule has 0 aromatic heterocycles. The molecule has 0 fully saturated rings. The van der Waals surface area contributed by atoms with Crippen molar-refractivity contribution in [2.75, 3.05) is 23.7 Å². The van der Waals surface area contributed by atoms with Crippen LogP contribution in [0, 0.1) is 5.82 Å². The average molecular weight is 478 g/mol. The van der Waals surface area contributed by atoms with Crippen molar-refractivity contribution in [2.45, 2.75) is 45.7 Å². The van der Waals surface area contributed by atoms with Gasteiger partial charge < -0.3 is 10.2 Å². The molecule has 33 heavy (non-hydrogen) atoms. The van der Waals surface area contributed by atoms with E-state index in [4.69, 9.17) is 0 Å². The van der Waals surface area contributed by atoms with Crippen molar-refractivity contribution in [2.24, 2.45) is 0 Å². The topological polar surface area (TPSA) is 86.8 Å². The van der Waals surface area contributed by atoms with Gasteiger partial charge in [-0.25, -0.2) is 12.8 Å². The molecule has 2 aromatic carbocycles. The van der Waals surface area contributed by atoms with Crippen molar-refractivity contribution in [3.05, 3.63) is 66.0 Å². The summed E-state index contributed by atoms with van der Waals surface area (Å²) in [4.78, 5) is 27.5. The van der Waals surface area contributed by atoms with Gasteiger partial charge in [0.25, 0.3) is 0 Å². The number of benzene rings is 2. The first-order valence-corrected chi connectivity index (χ1v) is 12.7. The highest BCUT2D eigenvalue weighted by Crippen LogP contribution is 2.19. The maximum absolute atomic E-state index is 13.7. The maximum Gasteiger partial charge on any atom is 0.244 e. The van der Waals surface area contributed by atoms with Gasteiger partial charge in [-0.1, -0.05) is 43.3 Å². The third-order valence-corrected chi connectivity index (χ3v) is 6.57. The van der Waals surface area contributed by atoms with Crippen molar-refractivity contribution in [3.8, 4) is 0 Å². The number of carbonyl (C=O) groups excluding carboxylic acids is 2. The minimum atomic E-state index is -3.88. The Kier molecular flexibility index (Phi) is 9.40. The van der Waals surface area contributed by atoms with Gasteiger partial charge in [0, 0.05) is 12.6 Å². The third-order valence-electron chi connectivity index (χ3n) is 5.43. The minimum absolute atomic E-state index is 0.0468. The lowest BCUT2D eigenvalue weighted by Gasteiger charge is -2.32. The summed E-state index contributed by atoms with van der Waals surface area (Å²) < 4.78 is 39.4. The highest BCUT2D eigenvalue weighted by molar-refractivity contribution is 7.92. The molecule has 0 radical (unpaired) electrons. The third kappa shape index (κ3) is 7.85. The molecule has 7 nitrogen and oxygen atoms in total. The molecule has 0 aliphatic carbocycles. The van der Waals surface area contributed by atoms with E-state index in [-0.39, 0.29) is 24.2 Å². The Hall–Kier alpha value is -2.94. The molecule has 0 heterocycles. The van der Waals surface area contributed by atoms with Gasteiger partial charge in [0.15, 0.2) is 0 Å². The molecule has 180 valence electrons. The number of anilines is 1. The summed E-state index contributed by atoms with van der Waals surface area (Å²) >= 11 is 0. The van der Waals surface area contributed by atoms with Crippen LogP contribution in [0.25, 0.3) is 0 Å². The Morgan fingerprint density at radius 2 is 1.73 bits per heavy atom. The van der Waals surface area contributed by atoms with Crippen LogP contribution in [-0.4, -0.2) is 56.6 Å². The smallest absolute Gasteiger partial charge is 0.244 e. The lowest BCUT2D eigenvalue weighted by molar-refractivity contribution is -0.139. The van der Waals surface area contributed by atoms with Gasteiger partial charge in [0.05, 0.1) is 11.9 Å². The zero-order valence-electron chi connectivity index (χ0n) is 19.5. The van der Waals surface area contributed by atoms with E-state index in [0.717, 1.165) is 28.6 Å². The monoisotopic (exact) mass is 477 g/mol. The molecule has 0 aliphatic rings. The second-order valence-electron chi connectivity index (χ2n) is 8.07. The summed E-state index contributed by atoms with van der Waals surface area (Å²) in [5, 5.41) is 2.87. The fourth-order valence-electron chi connectivity index (χ4n) is 3.28. The molecule has 9 heteroatoms. The predicted octanol–water partition coefficient (Wildman–Crippen LogP) is 2.97. The summed E-state index contributed by atoms with van der Waals surface area (Å²) in [6.45, 7) is 5.11. The number of halogens is 1. The highest BCUT2D eigenvalue weighted by atomic mass is 32.2. The Balaban J connectivity index is 2.30. The first-order valence-electron chi connectivity index (χ1n) is 10.9. The quantitative estimate of drug-likeness (QED) is 0.539. The molecule has 0 saturated heterocycles. The summed E-state index contributed by atoms with van der Waals surface area (Å²) in [5.41, 5.74) is 1.03. The van der Waals surface area contributed by atoms with Crippen molar-refractivity contribution in [3.63, 3.8) is 0 Å². The Morgan fingerprint density at radius 3 is 2.30 bits per heavy atom. The van der Waals surface area contributed by atoms with Crippen molar-refractivity contribution in [1.29, 1.82) is 0 Å². The molecule has 0 aliphatic heterocycles. The molecule has 1 N–H and O–H groups in total. The Morgan fingerprint density at radius 1 is 1.06 bits per heavy atom. The van der Waals surface area contributed by atoms with Crippen LogP contribution in [0.2, 0.25) is 0 Å². The number of nitrogens with zero attached hydrogens (tertiary/aromatic N) is 2. The first kappa shape index (κ1) is 26.3. The number of nitrogens with one attached hydrogen (secondary N) is 1. The number of sulfonamides is 1. The summed E-state index contributed by atoms with van der Waals surface area (Å²) in [6.07, 6.45) is 2.18. The predicted molar refractivity (Wildman–Crippen MR) is 128 cm³/mol. The number of hydrogen-bond donors (Lipinski definition) is 1. The average Bonchev–Trinajstić information content (AvgIpc) is 2.77. The maximum atomic E-state index is 13.7. The van der Waals surface area contributed by atoms with Crippen LogP contribution in [0.3, 0.4) is 0 Å². The molecule has 2 amide bonds. The fourth-order valence-corrected chi connectivity index (χ4v) is 4.12. The SMILES string of the molecule is CC[C@@H](C)NC(=O)[C@@H](C)N(CCc1ccccc1)C(=O)CN(c1cccc(F)c1)S(C)(=O)=O. The van der Waals surface area contributed by atoms with Crippen LogP contribution in [-0.2, 0) is 26.0 Å². The first-order chi connectivity index (χ1) is 15.5. The van der Waals surface area contributed by atoms with Crippen molar-refractivity contribution >= 4 is 27.5 Å². The second kappa shape index (κ2) is 11.8. The normalized spacial score (nSPS) is 13.1. The van der Waals surface area contributed by atoms with E-state index in [0.29, 0.717) is 6.42 Å².